The van der Waals surface area contributed by atoms with Crippen molar-refractivity contribution in [2.24, 2.45) is 0 Å². The van der Waals surface area contributed by atoms with Crippen LogP contribution in [0.1, 0.15) is 23.1 Å². The number of aromatic hydroxyl groups is 2. The highest BCUT2D eigenvalue weighted by molar-refractivity contribution is 5.56. The summed E-state index contributed by atoms with van der Waals surface area (Å²) in [6.45, 7) is 0.460. The lowest BCUT2D eigenvalue weighted by Crippen LogP contribution is -2.23. The summed E-state index contributed by atoms with van der Waals surface area (Å²) in [5, 5.41) is 19.4. The van der Waals surface area contributed by atoms with Crippen LogP contribution in [-0.2, 0) is 0 Å². The van der Waals surface area contributed by atoms with Gasteiger partial charge in [-0.25, -0.2) is 0 Å². The van der Waals surface area contributed by atoms with Crippen LogP contribution in [0.4, 0.5) is 0 Å². The molecule has 2 N–H and O–H groups in total. The highest BCUT2D eigenvalue weighted by atomic mass is 16.5. The lowest BCUT2D eigenvalue weighted by atomic mass is 9.89. The fourth-order valence-corrected chi connectivity index (χ4v) is 3.02. The first-order valence-electron chi connectivity index (χ1n) is 6.70. The lowest BCUT2D eigenvalue weighted by molar-refractivity contribution is 0.139. The number of benzene rings is 2. The van der Waals surface area contributed by atoms with E-state index in [0.717, 1.165) is 11.1 Å². The molecule has 0 saturated carbocycles. The van der Waals surface area contributed by atoms with Crippen LogP contribution in [-0.4, -0.2) is 23.9 Å². The Morgan fingerprint density at radius 2 is 1.95 bits per heavy atom. The van der Waals surface area contributed by atoms with Crippen molar-refractivity contribution in [1.82, 2.24) is 0 Å². The number of fused-ring (bicyclic) bond motifs is 5. The van der Waals surface area contributed by atoms with Gasteiger partial charge >= 0.3 is 0 Å². The van der Waals surface area contributed by atoms with Crippen molar-refractivity contribution in [2.75, 3.05) is 13.7 Å². The predicted molar refractivity (Wildman–Crippen MR) is 74.4 cm³/mol. The van der Waals surface area contributed by atoms with E-state index in [-0.39, 0.29) is 23.5 Å². The molecule has 108 valence electrons. The van der Waals surface area contributed by atoms with Crippen LogP contribution in [0.25, 0.3) is 0 Å². The Labute approximate surface area is 121 Å². The zero-order valence-electron chi connectivity index (χ0n) is 11.4. The fraction of sp³-hybridized carbons (Fsp3) is 0.250. The molecule has 2 atom stereocenters. The van der Waals surface area contributed by atoms with Gasteiger partial charge in [0.05, 0.1) is 19.6 Å². The van der Waals surface area contributed by atoms with E-state index in [1.165, 1.54) is 7.11 Å². The van der Waals surface area contributed by atoms with Crippen LogP contribution in [0.15, 0.2) is 30.3 Å². The van der Waals surface area contributed by atoms with E-state index in [0.29, 0.717) is 23.9 Å². The van der Waals surface area contributed by atoms with Crippen LogP contribution in [0.2, 0.25) is 0 Å². The molecule has 5 nitrogen and oxygen atoms in total. The molecule has 0 fully saturated rings. The van der Waals surface area contributed by atoms with E-state index in [2.05, 4.69) is 0 Å². The molecular weight excluding hydrogens is 272 g/mol. The Morgan fingerprint density at radius 3 is 2.76 bits per heavy atom. The zero-order chi connectivity index (χ0) is 14.6. The first-order chi connectivity index (χ1) is 10.2. The Kier molecular flexibility index (Phi) is 2.45. The molecule has 0 amide bonds. The molecule has 2 aliphatic rings. The van der Waals surface area contributed by atoms with Crippen molar-refractivity contribution in [3.8, 4) is 28.7 Å². The monoisotopic (exact) mass is 286 g/mol. The van der Waals surface area contributed by atoms with Gasteiger partial charge in [-0.1, -0.05) is 0 Å². The molecule has 2 aliphatic heterocycles. The summed E-state index contributed by atoms with van der Waals surface area (Å²) >= 11 is 0. The van der Waals surface area contributed by atoms with Gasteiger partial charge in [0.2, 0.25) is 0 Å². The Hall–Kier alpha value is -2.56. The molecule has 21 heavy (non-hydrogen) atoms. The third-order valence-corrected chi connectivity index (χ3v) is 4.05. The molecule has 4 rings (SSSR count). The van der Waals surface area contributed by atoms with Crippen LogP contribution in [0.5, 0.6) is 28.7 Å². The van der Waals surface area contributed by atoms with Crippen molar-refractivity contribution in [2.45, 2.75) is 12.0 Å². The van der Waals surface area contributed by atoms with Crippen LogP contribution in [0.3, 0.4) is 0 Å². The number of ether oxygens (including phenoxy) is 3. The number of phenolic OH excluding ortho intramolecular Hbond substituents is 2. The second-order valence-electron chi connectivity index (χ2n) is 5.24. The summed E-state index contributed by atoms with van der Waals surface area (Å²) in [4.78, 5) is 0. The van der Waals surface area contributed by atoms with Gasteiger partial charge in [0, 0.05) is 23.3 Å². The Morgan fingerprint density at radius 1 is 1.10 bits per heavy atom. The van der Waals surface area contributed by atoms with E-state index < -0.39 is 0 Å². The lowest BCUT2D eigenvalue weighted by Gasteiger charge is -2.27. The van der Waals surface area contributed by atoms with Crippen molar-refractivity contribution in [3.05, 3.63) is 41.5 Å². The van der Waals surface area contributed by atoms with Gasteiger partial charge in [-0.05, 0) is 18.2 Å². The van der Waals surface area contributed by atoms with Gasteiger partial charge in [-0.15, -0.1) is 0 Å². The minimum absolute atomic E-state index is 0.0477. The second kappa shape index (κ2) is 4.22. The maximum atomic E-state index is 9.87. The van der Waals surface area contributed by atoms with Gasteiger partial charge in [0.1, 0.15) is 23.4 Å². The SMILES string of the molecule is COc1cc2c(cc1O)O[C@@H]1c3ccc(O)cc3OC[C@H]21. The summed E-state index contributed by atoms with van der Waals surface area (Å²) in [6.07, 6.45) is -0.171. The summed E-state index contributed by atoms with van der Waals surface area (Å²) < 4.78 is 16.9. The summed E-state index contributed by atoms with van der Waals surface area (Å²) in [5.74, 6) is 1.98. The molecule has 0 spiro atoms. The smallest absolute Gasteiger partial charge is 0.161 e. The quantitative estimate of drug-likeness (QED) is 0.843. The van der Waals surface area contributed by atoms with Crippen molar-refractivity contribution in [3.63, 3.8) is 0 Å². The normalized spacial score (nSPS) is 21.6. The van der Waals surface area contributed by atoms with Crippen molar-refractivity contribution >= 4 is 0 Å². The van der Waals surface area contributed by atoms with Gasteiger partial charge in [-0.3, -0.25) is 0 Å². The molecule has 5 heteroatoms. The summed E-state index contributed by atoms with van der Waals surface area (Å²) in [7, 11) is 1.52. The Balaban J connectivity index is 1.80. The second-order valence-corrected chi connectivity index (χ2v) is 5.24. The number of phenols is 2. The number of methoxy groups -OCH3 is 1. The standard InChI is InChI=1S/C16H14O5/c1-19-15-5-10-11-7-20-13-4-8(17)2-3-9(13)16(11)21-14(10)6-12(15)18/h2-6,11,16-18H,7H2,1H3/t11-,16-/m1/s1. The molecule has 0 aromatic heterocycles. The number of hydrogen-bond acceptors (Lipinski definition) is 5. The molecular formula is C16H14O5. The highest BCUT2D eigenvalue weighted by Crippen LogP contribution is 2.53. The highest BCUT2D eigenvalue weighted by Gasteiger charge is 2.41. The third kappa shape index (κ3) is 1.70. The number of rotatable bonds is 1. The van der Waals surface area contributed by atoms with E-state index in [1.807, 2.05) is 6.07 Å². The Bertz CT molecular complexity index is 725. The largest absolute Gasteiger partial charge is 0.508 e. The maximum Gasteiger partial charge on any atom is 0.161 e. The van der Waals surface area contributed by atoms with E-state index in [4.69, 9.17) is 14.2 Å². The molecule has 2 aromatic rings. The van der Waals surface area contributed by atoms with Crippen LogP contribution in [0, 0.1) is 0 Å². The minimum atomic E-state index is -0.171. The van der Waals surface area contributed by atoms with Crippen molar-refractivity contribution < 1.29 is 24.4 Å². The average molecular weight is 286 g/mol. The first-order valence-corrected chi connectivity index (χ1v) is 6.70. The van der Waals surface area contributed by atoms with Gasteiger partial charge < -0.3 is 24.4 Å². The molecule has 2 aromatic carbocycles. The van der Waals surface area contributed by atoms with Gasteiger partial charge in [0.15, 0.2) is 11.5 Å². The van der Waals surface area contributed by atoms with Gasteiger partial charge in [-0.2, -0.15) is 0 Å². The minimum Gasteiger partial charge on any atom is -0.508 e. The molecule has 0 bridgehead atoms. The molecule has 2 heterocycles. The van der Waals surface area contributed by atoms with Crippen molar-refractivity contribution in [1.29, 1.82) is 0 Å². The van der Waals surface area contributed by atoms with Crippen LogP contribution >= 0.6 is 0 Å². The van der Waals surface area contributed by atoms with Crippen LogP contribution < -0.4 is 14.2 Å². The van der Waals surface area contributed by atoms with E-state index in [9.17, 15) is 10.2 Å². The predicted octanol–water partition coefficient (Wildman–Crippen LogP) is 2.72. The first kappa shape index (κ1) is 12.2. The molecule has 0 saturated heterocycles. The fourth-order valence-electron chi connectivity index (χ4n) is 3.02. The molecule has 0 radical (unpaired) electrons. The maximum absolute atomic E-state index is 9.87. The van der Waals surface area contributed by atoms with Gasteiger partial charge in [0.25, 0.3) is 0 Å². The molecule has 0 aliphatic carbocycles. The summed E-state index contributed by atoms with van der Waals surface area (Å²) in [6, 6.07) is 8.39. The number of hydrogen-bond donors (Lipinski definition) is 2. The molecule has 0 unspecified atom stereocenters. The van der Waals surface area contributed by atoms with E-state index >= 15 is 0 Å². The third-order valence-electron chi connectivity index (χ3n) is 4.05. The van der Waals surface area contributed by atoms with E-state index in [1.54, 1.807) is 24.3 Å². The summed E-state index contributed by atoms with van der Waals surface area (Å²) in [5.41, 5.74) is 1.87. The zero-order valence-corrected chi connectivity index (χ0v) is 11.4. The average Bonchev–Trinajstić information content (AvgIpc) is 2.83. The topological polar surface area (TPSA) is 68.2 Å².